The summed E-state index contributed by atoms with van der Waals surface area (Å²) in [5, 5.41) is 0. The van der Waals surface area contributed by atoms with Gasteiger partial charge >= 0.3 is 7.60 Å². The molecule has 0 saturated carbocycles. The number of fused-ring (bicyclic) bond motifs is 1. The Balaban J connectivity index is 1.74. The summed E-state index contributed by atoms with van der Waals surface area (Å²) >= 11 is 0. The van der Waals surface area contributed by atoms with E-state index in [1.807, 2.05) is 4.90 Å². The third-order valence-electron chi connectivity index (χ3n) is 3.04. The second-order valence-electron chi connectivity index (χ2n) is 4.56. The lowest BCUT2D eigenvalue weighted by Gasteiger charge is -2.06. The second-order valence-corrected chi connectivity index (χ2v) is 6.25. The number of hydrogen-bond acceptors (Lipinski definition) is 6. The van der Waals surface area contributed by atoms with E-state index in [2.05, 4.69) is 15.0 Å². The van der Waals surface area contributed by atoms with Gasteiger partial charge in [0.2, 0.25) is 0 Å². The monoisotopic (exact) mass is 284 g/mol. The van der Waals surface area contributed by atoms with Gasteiger partial charge in [-0.15, -0.1) is 0 Å². The Morgan fingerprint density at radius 1 is 1.42 bits per heavy atom. The number of rotatable bonds is 4. The van der Waals surface area contributed by atoms with Crippen molar-refractivity contribution in [2.75, 3.05) is 18.4 Å². The van der Waals surface area contributed by atoms with Crippen LogP contribution in [0.3, 0.4) is 0 Å². The summed E-state index contributed by atoms with van der Waals surface area (Å²) in [6.07, 6.45) is 2.85. The number of nitrogen functional groups attached to an aromatic ring is 1. The van der Waals surface area contributed by atoms with Crippen LogP contribution in [0.2, 0.25) is 0 Å². The molecule has 1 aliphatic rings. The number of hydrogen-bond donors (Lipinski definition) is 3. The molecule has 0 radical (unpaired) electrons. The highest BCUT2D eigenvalue weighted by Crippen LogP contribution is 2.40. The molecule has 0 amide bonds. The molecule has 0 aliphatic carbocycles. The molecule has 3 heterocycles. The van der Waals surface area contributed by atoms with Crippen LogP contribution < -0.4 is 5.73 Å². The molecule has 0 bridgehead atoms. The largest absolute Gasteiger partial charge is 0.382 e. The molecule has 1 aliphatic heterocycles. The average Bonchev–Trinajstić information content (AvgIpc) is 2.85. The van der Waals surface area contributed by atoms with Crippen LogP contribution in [0.15, 0.2) is 12.7 Å². The van der Waals surface area contributed by atoms with Crippen molar-refractivity contribution in [1.82, 2.24) is 24.4 Å². The van der Waals surface area contributed by atoms with Gasteiger partial charge in [0.1, 0.15) is 11.8 Å². The summed E-state index contributed by atoms with van der Waals surface area (Å²) in [4.78, 5) is 31.8. The molecule has 2 unspecified atom stereocenters. The molecule has 9 nitrogen and oxygen atoms in total. The third kappa shape index (κ3) is 2.59. The Labute approximate surface area is 108 Å². The van der Waals surface area contributed by atoms with Crippen LogP contribution in [0.4, 0.5) is 5.82 Å². The van der Waals surface area contributed by atoms with Crippen molar-refractivity contribution < 1.29 is 14.4 Å². The molecule has 0 spiro atoms. The zero-order valence-corrected chi connectivity index (χ0v) is 10.8. The summed E-state index contributed by atoms with van der Waals surface area (Å²) in [6, 6.07) is -0.0857. The van der Waals surface area contributed by atoms with E-state index in [4.69, 9.17) is 15.5 Å². The van der Waals surface area contributed by atoms with Crippen molar-refractivity contribution in [3.63, 3.8) is 0 Å². The average molecular weight is 284 g/mol. The Hall–Kier alpha value is -1.54. The minimum absolute atomic E-state index is 0.0857. The molecular formula is C9H13N6O3P. The maximum atomic E-state index is 10.9. The van der Waals surface area contributed by atoms with E-state index in [0.29, 0.717) is 30.2 Å². The van der Waals surface area contributed by atoms with E-state index in [1.165, 1.54) is 6.33 Å². The zero-order valence-electron chi connectivity index (χ0n) is 9.92. The molecule has 4 N–H and O–H groups in total. The Morgan fingerprint density at radius 2 is 2.21 bits per heavy atom. The normalized spacial score (nSPS) is 22.8. The highest BCUT2D eigenvalue weighted by Gasteiger charge is 2.39. The molecule has 3 rings (SSSR count). The van der Waals surface area contributed by atoms with Gasteiger partial charge in [0.25, 0.3) is 0 Å². The summed E-state index contributed by atoms with van der Waals surface area (Å²) < 4.78 is 12.7. The molecule has 19 heavy (non-hydrogen) atoms. The summed E-state index contributed by atoms with van der Waals surface area (Å²) in [7, 11) is -3.95. The van der Waals surface area contributed by atoms with Crippen LogP contribution in [0.25, 0.3) is 11.2 Å². The Bertz CT molecular complexity index is 667. The lowest BCUT2D eigenvalue weighted by Crippen LogP contribution is -2.11. The van der Waals surface area contributed by atoms with Crippen molar-refractivity contribution >= 4 is 24.6 Å². The topological polar surface area (TPSA) is 130 Å². The van der Waals surface area contributed by atoms with Crippen molar-refractivity contribution in [1.29, 1.82) is 0 Å². The Kier molecular flexibility index (Phi) is 2.79. The predicted octanol–water partition coefficient (Wildman–Crippen LogP) is -0.772. The maximum absolute atomic E-state index is 10.9. The van der Waals surface area contributed by atoms with E-state index >= 15 is 0 Å². The van der Waals surface area contributed by atoms with Crippen molar-refractivity contribution in [3.05, 3.63) is 12.7 Å². The van der Waals surface area contributed by atoms with Crippen molar-refractivity contribution in [2.24, 2.45) is 0 Å². The highest BCUT2D eigenvalue weighted by atomic mass is 31.2. The number of nitrogens with zero attached hydrogens (tertiary/aromatic N) is 5. The molecule has 102 valence electrons. The third-order valence-corrected chi connectivity index (χ3v) is 3.94. The van der Waals surface area contributed by atoms with Gasteiger partial charge in [0.15, 0.2) is 11.5 Å². The fourth-order valence-electron chi connectivity index (χ4n) is 2.04. The molecular weight excluding hydrogens is 271 g/mol. The van der Waals surface area contributed by atoms with Gasteiger partial charge in [-0.05, 0) is 0 Å². The van der Waals surface area contributed by atoms with Crippen LogP contribution >= 0.6 is 7.60 Å². The van der Waals surface area contributed by atoms with E-state index in [9.17, 15) is 4.57 Å². The van der Waals surface area contributed by atoms with Crippen molar-refractivity contribution in [2.45, 2.75) is 12.7 Å². The quantitative estimate of drug-likeness (QED) is 0.492. The zero-order chi connectivity index (χ0) is 13.6. The lowest BCUT2D eigenvalue weighted by atomic mass is 10.5. The van der Waals surface area contributed by atoms with E-state index in [-0.39, 0.29) is 12.2 Å². The first-order valence-electron chi connectivity index (χ1n) is 5.64. The van der Waals surface area contributed by atoms with Gasteiger partial charge < -0.3 is 20.1 Å². The van der Waals surface area contributed by atoms with Gasteiger partial charge in [0, 0.05) is 12.6 Å². The van der Waals surface area contributed by atoms with Gasteiger partial charge in [-0.1, -0.05) is 0 Å². The molecule has 0 aromatic carbocycles. The first-order chi connectivity index (χ1) is 8.94. The maximum Gasteiger partial charge on any atom is 0.327 e. The first-order valence-corrected chi connectivity index (χ1v) is 7.44. The van der Waals surface area contributed by atoms with E-state index in [1.54, 1.807) is 10.9 Å². The molecule has 2 aromatic rings. The molecule has 10 heteroatoms. The number of aromatic nitrogens is 4. The number of imidazole rings is 1. The molecule has 2 aromatic heterocycles. The van der Waals surface area contributed by atoms with Crippen LogP contribution in [-0.2, 0) is 11.2 Å². The second kappa shape index (κ2) is 4.24. The fourth-order valence-corrected chi connectivity index (χ4v) is 2.94. The lowest BCUT2D eigenvalue weighted by molar-refractivity contribution is 0.362. The standard InChI is InChI=1S/C9H13N6O3P/c10-8-7-9(12-3-11-8)15(4-13-7)5-14-1-6(14)2-19(16,17)18/h3-4,6H,1-2,5H2,(H2,10,11,12)(H2,16,17,18). The minimum atomic E-state index is -3.95. The Morgan fingerprint density at radius 3 is 2.95 bits per heavy atom. The minimum Gasteiger partial charge on any atom is -0.382 e. The van der Waals surface area contributed by atoms with Crippen LogP contribution in [0.5, 0.6) is 0 Å². The van der Waals surface area contributed by atoms with Gasteiger partial charge in [-0.25, -0.2) is 15.0 Å². The smallest absolute Gasteiger partial charge is 0.327 e. The molecule has 2 atom stereocenters. The van der Waals surface area contributed by atoms with Crippen molar-refractivity contribution in [3.8, 4) is 0 Å². The molecule has 1 fully saturated rings. The number of anilines is 1. The summed E-state index contributed by atoms with van der Waals surface area (Å²) in [5.74, 6) is 0.321. The number of nitrogens with two attached hydrogens (primary N) is 1. The molecule has 1 saturated heterocycles. The summed E-state index contributed by atoms with van der Waals surface area (Å²) in [5.41, 5.74) is 6.84. The fraction of sp³-hybridized carbons (Fsp3) is 0.444. The van der Waals surface area contributed by atoms with Gasteiger partial charge in [-0.3, -0.25) is 9.46 Å². The van der Waals surface area contributed by atoms with E-state index < -0.39 is 7.60 Å². The summed E-state index contributed by atoms with van der Waals surface area (Å²) in [6.45, 7) is 1.14. The van der Waals surface area contributed by atoms with Crippen LogP contribution in [0.1, 0.15) is 0 Å². The van der Waals surface area contributed by atoms with Crippen LogP contribution in [0, 0.1) is 0 Å². The van der Waals surface area contributed by atoms with Crippen LogP contribution in [-0.4, -0.2) is 53.0 Å². The highest BCUT2D eigenvalue weighted by molar-refractivity contribution is 7.51. The van der Waals surface area contributed by atoms with Gasteiger partial charge in [-0.2, -0.15) is 0 Å². The van der Waals surface area contributed by atoms with Gasteiger partial charge in [0.05, 0.1) is 19.2 Å². The van der Waals surface area contributed by atoms with E-state index in [0.717, 1.165) is 0 Å². The predicted molar refractivity (Wildman–Crippen MR) is 67.1 cm³/mol. The SMILES string of the molecule is Nc1ncnc2c1ncn2CN1CC1CP(=O)(O)O. The first kappa shape index (κ1) is 12.5.